The van der Waals surface area contributed by atoms with Crippen LogP contribution < -0.4 is 5.32 Å². The molecule has 0 aliphatic carbocycles. The van der Waals surface area contributed by atoms with E-state index in [4.69, 9.17) is 0 Å². The second-order valence-electron chi connectivity index (χ2n) is 10.4. The number of benzene rings is 2. The molecule has 4 heterocycles. The first-order chi connectivity index (χ1) is 17.7. The summed E-state index contributed by atoms with van der Waals surface area (Å²) < 4.78 is 2.07. The third-order valence-corrected chi connectivity index (χ3v) is 7.92. The highest BCUT2D eigenvalue weighted by Gasteiger charge is 2.25. The summed E-state index contributed by atoms with van der Waals surface area (Å²) in [4.78, 5) is 14.4. The molecule has 2 aromatic carbocycles. The van der Waals surface area contributed by atoms with E-state index in [2.05, 4.69) is 78.2 Å². The third kappa shape index (κ3) is 5.01. The van der Waals surface area contributed by atoms with Crippen LogP contribution in [-0.2, 0) is 20.0 Å². The average molecular weight is 481 g/mol. The van der Waals surface area contributed by atoms with Crippen LogP contribution in [0, 0.1) is 0 Å². The molecule has 1 N–H and O–H groups in total. The van der Waals surface area contributed by atoms with Crippen LogP contribution >= 0.6 is 0 Å². The van der Waals surface area contributed by atoms with Crippen molar-refractivity contribution in [3.05, 3.63) is 78.4 Å². The van der Waals surface area contributed by atoms with Gasteiger partial charge in [0.25, 0.3) is 0 Å². The van der Waals surface area contributed by atoms with Crippen molar-refractivity contribution in [2.24, 2.45) is 7.05 Å². The van der Waals surface area contributed by atoms with Gasteiger partial charge in [0.2, 0.25) is 0 Å². The van der Waals surface area contributed by atoms with E-state index in [1.165, 1.54) is 49.0 Å². The van der Waals surface area contributed by atoms with Gasteiger partial charge in [-0.1, -0.05) is 36.8 Å². The second kappa shape index (κ2) is 10.4. The Morgan fingerprint density at radius 2 is 1.78 bits per heavy atom. The van der Waals surface area contributed by atoms with E-state index in [1.807, 2.05) is 25.8 Å². The minimum atomic E-state index is 0.491. The summed E-state index contributed by atoms with van der Waals surface area (Å²) in [5.74, 6) is 0. The quantitative estimate of drug-likeness (QED) is 0.405. The number of likely N-dealkylation sites (tertiary alicyclic amines) is 1. The maximum atomic E-state index is 4.57. The number of nitrogens with zero attached hydrogens (tertiary/aromatic N) is 5. The highest BCUT2D eigenvalue weighted by atomic mass is 15.2. The van der Waals surface area contributed by atoms with Crippen molar-refractivity contribution in [2.75, 3.05) is 38.0 Å². The summed E-state index contributed by atoms with van der Waals surface area (Å²) in [7, 11) is 2.04. The van der Waals surface area contributed by atoms with Crippen LogP contribution in [0.25, 0.3) is 22.2 Å². The van der Waals surface area contributed by atoms with E-state index in [0.29, 0.717) is 6.04 Å². The molecule has 2 aliphatic rings. The number of hydrogen-bond acceptors (Lipinski definition) is 5. The Kier molecular flexibility index (Phi) is 6.71. The zero-order valence-corrected chi connectivity index (χ0v) is 21.2. The topological polar surface area (TPSA) is 49.2 Å². The van der Waals surface area contributed by atoms with E-state index < -0.39 is 0 Å². The average Bonchev–Trinajstić information content (AvgIpc) is 3.31. The number of hydrogen-bond donors (Lipinski definition) is 1. The van der Waals surface area contributed by atoms with Gasteiger partial charge in [-0.15, -0.1) is 0 Å². The SMILES string of the molecule is Cn1cnc2ccc(-c3cncc(NCC(CN4CCc5ccccc5C4)N4CCCCC4)c3)cc21. The van der Waals surface area contributed by atoms with Crippen molar-refractivity contribution in [2.45, 2.75) is 38.3 Å². The first-order valence-corrected chi connectivity index (χ1v) is 13.4. The van der Waals surface area contributed by atoms with E-state index >= 15 is 0 Å². The zero-order valence-electron chi connectivity index (χ0n) is 21.2. The molecule has 0 spiro atoms. The summed E-state index contributed by atoms with van der Waals surface area (Å²) in [6.07, 6.45) is 10.9. The van der Waals surface area contributed by atoms with Crippen LogP contribution in [0.3, 0.4) is 0 Å². The first kappa shape index (κ1) is 23.2. The smallest absolute Gasteiger partial charge is 0.0955 e. The first-order valence-electron chi connectivity index (χ1n) is 13.4. The molecule has 0 bridgehead atoms. The molecule has 1 atom stereocenters. The fourth-order valence-corrected chi connectivity index (χ4v) is 5.84. The van der Waals surface area contributed by atoms with Crippen molar-refractivity contribution in [1.82, 2.24) is 24.3 Å². The van der Waals surface area contributed by atoms with Crippen molar-refractivity contribution >= 4 is 16.7 Å². The van der Waals surface area contributed by atoms with Gasteiger partial charge >= 0.3 is 0 Å². The molecule has 1 fully saturated rings. The molecule has 6 heteroatoms. The minimum absolute atomic E-state index is 0.491. The molecule has 0 radical (unpaired) electrons. The molecule has 4 aromatic rings. The Morgan fingerprint density at radius 1 is 0.917 bits per heavy atom. The number of aromatic nitrogens is 3. The minimum Gasteiger partial charge on any atom is -0.382 e. The lowest BCUT2D eigenvalue weighted by Gasteiger charge is -2.39. The third-order valence-electron chi connectivity index (χ3n) is 7.92. The van der Waals surface area contributed by atoms with Crippen molar-refractivity contribution in [3.8, 4) is 11.1 Å². The number of imidazole rings is 1. The number of fused-ring (bicyclic) bond motifs is 2. The van der Waals surface area contributed by atoms with E-state index in [0.717, 1.165) is 54.9 Å². The molecule has 6 nitrogen and oxygen atoms in total. The predicted octanol–water partition coefficient (Wildman–Crippen LogP) is 4.96. The number of aryl methyl sites for hydroxylation is 1. The lowest BCUT2D eigenvalue weighted by molar-refractivity contribution is 0.118. The molecule has 2 aromatic heterocycles. The monoisotopic (exact) mass is 480 g/mol. The second-order valence-corrected chi connectivity index (χ2v) is 10.4. The van der Waals surface area contributed by atoms with Gasteiger partial charge in [0.05, 0.1) is 23.0 Å². The molecule has 1 saturated heterocycles. The van der Waals surface area contributed by atoms with Crippen molar-refractivity contribution < 1.29 is 0 Å². The fourth-order valence-electron chi connectivity index (χ4n) is 5.84. The van der Waals surface area contributed by atoms with Crippen LogP contribution in [0.4, 0.5) is 5.69 Å². The van der Waals surface area contributed by atoms with Gasteiger partial charge in [-0.2, -0.15) is 0 Å². The van der Waals surface area contributed by atoms with Gasteiger partial charge in [0, 0.05) is 57.2 Å². The van der Waals surface area contributed by atoms with Crippen molar-refractivity contribution in [1.29, 1.82) is 0 Å². The van der Waals surface area contributed by atoms with Gasteiger partial charge in [-0.05, 0) is 67.2 Å². The van der Waals surface area contributed by atoms with E-state index in [-0.39, 0.29) is 0 Å². The van der Waals surface area contributed by atoms with Crippen LogP contribution in [0.15, 0.2) is 67.3 Å². The van der Waals surface area contributed by atoms with Gasteiger partial charge in [-0.3, -0.25) is 14.8 Å². The van der Waals surface area contributed by atoms with E-state index in [9.17, 15) is 0 Å². The highest BCUT2D eigenvalue weighted by molar-refractivity contribution is 5.82. The lowest BCUT2D eigenvalue weighted by atomic mass is 9.99. The Bertz CT molecular complexity index is 1320. The molecule has 186 valence electrons. The lowest BCUT2D eigenvalue weighted by Crippen LogP contribution is -2.50. The summed E-state index contributed by atoms with van der Waals surface area (Å²) >= 11 is 0. The standard InChI is InChI=1S/C30H36N6/c1-34-22-33-29-10-9-24(16-30(29)34)26-15-27(18-31-17-26)32-19-28(36-12-5-2-6-13-36)21-35-14-11-23-7-3-4-8-25(23)20-35/h3-4,7-10,15-18,22,28,32H,2,5-6,11-14,19-21H2,1H3. The summed E-state index contributed by atoms with van der Waals surface area (Å²) in [5, 5.41) is 3.76. The van der Waals surface area contributed by atoms with Crippen LogP contribution in [0.2, 0.25) is 0 Å². The van der Waals surface area contributed by atoms with Crippen LogP contribution in [-0.4, -0.2) is 63.1 Å². The number of nitrogens with one attached hydrogen (secondary N) is 1. The Labute approximate surface area is 214 Å². The molecular formula is C30H36N6. The number of anilines is 1. The Balaban J connectivity index is 1.17. The van der Waals surface area contributed by atoms with Gasteiger partial charge in [0.15, 0.2) is 0 Å². The molecule has 6 rings (SSSR count). The predicted molar refractivity (Wildman–Crippen MR) is 147 cm³/mol. The van der Waals surface area contributed by atoms with Crippen molar-refractivity contribution in [3.63, 3.8) is 0 Å². The fraction of sp³-hybridized carbons (Fsp3) is 0.400. The van der Waals surface area contributed by atoms with E-state index in [1.54, 1.807) is 0 Å². The highest BCUT2D eigenvalue weighted by Crippen LogP contribution is 2.26. The number of pyridine rings is 1. The molecule has 36 heavy (non-hydrogen) atoms. The largest absolute Gasteiger partial charge is 0.382 e. The molecule has 0 saturated carbocycles. The molecular weight excluding hydrogens is 444 g/mol. The molecule has 2 aliphatic heterocycles. The normalized spacial score (nSPS) is 17.7. The maximum absolute atomic E-state index is 4.57. The number of rotatable bonds is 7. The Hall–Kier alpha value is -3.22. The van der Waals surface area contributed by atoms with Gasteiger partial charge < -0.3 is 9.88 Å². The van der Waals surface area contributed by atoms with Crippen LogP contribution in [0.5, 0.6) is 0 Å². The maximum Gasteiger partial charge on any atom is 0.0955 e. The summed E-state index contributed by atoms with van der Waals surface area (Å²) in [6, 6.07) is 18.1. The van der Waals surface area contributed by atoms with Gasteiger partial charge in [-0.25, -0.2) is 4.98 Å². The summed E-state index contributed by atoms with van der Waals surface area (Å²) in [5.41, 5.74) is 8.56. The molecule has 0 amide bonds. The summed E-state index contributed by atoms with van der Waals surface area (Å²) in [6.45, 7) is 6.66. The van der Waals surface area contributed by atoms with Gasteiger partial charge in [0.1, 0.15) is 0 Å². The zero-order chi connectivity index (χ0) is 24.3. The Morgan fingerprint density at radius 3 is 2.67 bits per heavy atom. The van der Waals surface area contributed by atoms with Crippen LogP contribution in [0.1, 0.15) is 30.4 Å². The molecule has 1 unspecified atom stereocenters. The number of piperidine rings is 1.